The number of anilines is 1. The number of thioether (sulfide) groups is 1. The second-order valence-electron chi connectivity index (χ2n) is 4.59. The van der Waals surface area contributed by atoms with Gasteiger partial charge in [0.05, 0.1) is 5.56 Å². The highest BCUT2D eigenvalue weighted by molar-refractivity contribution is 7.98. The smallest absolute Gasteiger partial charge is 0.234 e. The molecule has 90 valence electrons. The van der Waals surface area contributed by atoms with Crippen LogP contribution in [-0.4, -0.2) is 34.4 Å². The predicted molar refractivity (Wildman–Crippen MR) is 77.5 cm³/mol. The van der Waals surface area contributed by atoms with Crippen LogP contribution in [-0.2, 0) is 0 Å². The van der Waals surface area contributed by atoms with Gasteiger partial charge in [0.15, 0.2) is 0 Å². The molecule has 0 aliphatic rings. The molecule has 2 aromatic carbocycles. The monoisotopic (exact) mass is 247 g/mol. The number of hydrogen-bond acceptors (Lipinski definition) is 2. The summed E-state index contributed by atoms with van der Waals surface area (Å²) in [6.45, 7) is 0. The molecule has 0 aliphatic heterocycles. The summed E-state index contributed by atoms with van der Waals surface area (Å²) in [4.78, 5) is 3.50. The topological polar surface area (TPSA) is 6.25 Å². The lowest BCUT2D eigenvalue weighted by Crippen LogP contribution is -2.17. The fourth-order valence-corrected chi connectivity index (χ4v) is 2.48. The maximum Gasteiger partial charge on any atom is 0.234 e. The fraction of sp³-hybridized carbons (Fsp3) is 0.357. The molecule has 0 amide bonds. The van der Waals surface area contributed by atoms with E-state index in [1.165, 1.54) is 27.1 Å². The summed E-state index contributed by atoms with van der Waals surface area (Å²) in [6.07, 6.45) is 2.11. The van der Waals surface area contributed by atoms with Crippen LogP contribution in [0, 0.1) is 0 Å². The van der Waals surface area contributed by atoms with Crippen molar-refractivity contribution in [1.29, 1.82) is 0 Å². The first kappa shape index (κ1) is 12.2. The number of hydrogen-bond donors (Lipinski definition) is 0. The van der Waals surface area contributed by atoms with Crippen molar-refractivity contribution in [1.82, 2.24) is 4.58 Å². The van der Waals surface area contributed by atoms with E-state index in [2.05, 4.69) is 68.2 Å². The SMILES string of the molecule is CSc1ccc(-c2c(N(C)C)c2=[N+](C)C)cc1. The lowest BCUT2D eigenvalue weighted by Gasteiger charge is -2.02. The molecule has 2 rings (SSSR count). The van der Waals surface area contributed by atoms with Gasteiger partial charge in [-0.25, -0.2) is 4.58 Å². The van der Waals surface area contributed by atoms with Crippen LogP contribution in [0.25, 0.3) is 11.1 Å². The second kappa shape index (κ2) is 4.57. The van der Waals surface area contributed by atoms with Crippen molar-refractivity contribution in [3.8, 4) is 11.1 Å². The molecule has 0 aromatic heterocycles. The normalized spacial score (nSPS) is 10.9. The molecule has 0 atom stereocenters. The van der Waals surface area contributed by atoms with Gasteiger partial charge in [-0.05, 0) is 24.0 Å². The van der Waals surface area contributed by atoms with Crippen molar-refractivity contribution in [2.24, 2.45) is 0 Å². The number of rotatable bonds is 3. The third-order valence-electron chi connectivity index (χ3n) is 2.91. The molecule has 0 spiro atoms. The summed E-state index contributed by atoms with van der Waals surface area (Å²) in [7, 11) is 8.40. The van der Waals surface area contributed by atoms with E-state index < -0.39 is 0 Å². The summed E-state index contributed by atoms with van der Waals surface area (Å²) < 4.78 is 2.19. The zero-order valence-corrected chi connectivity index (χ0v) is 11.9. The van der Waals surface area contributed by atoms with E-state index in [0.29, 0.717) is 0 Å². The molecular formula is C14H19N2S+. The minimum atomic E-state index is 1.31. The Morgan fingerprint density at radius 2 is 1.65 bits per heavy atom. The Bertz CT molecular complexity index is 539. The van der Waals surface area contributed by atoms with Gasteiger partial charge in [-0.1, -0.05) is 12.1 Å². The maximum absolute atomic E-state index is 2.21. The van der Waals surface area contributed by atoms with Gasteiger partial charge in [-0.3, -0.25) is 0 Å². The van der Waals surface area contributed by atoms with E-state index in [0.717, 1.165) is 0 Å². The van der Waals surface area contributed by atoms with Gasteiger partial charge in [-0.15, -0.1) is 11.8 Å². The highest BCUT2D eigenvalue weighted by Gasteiger charge is 2.29. The van der Waals surface area contributed by atoms with E-state index in [-0.39, 0.29) is 0 Å². The van der Waals surface area contributed by atoms with Crippen LogP contribution in [0.3, 0.4) is 0 Å². The maximum atomic E-state index is 2.21. The van der Waals surface area contributed by atoms with Crippen LogP contribution < -0.4 is 14.8 Å². The summed E-state index contributed by atoms with van der Waals surface area (Å²) in [5.74, 6) is 0. The molecule has 0 saturated heterocycles. The van der Waals surface area contributed by atoms with Crippen LogP contribution in [0.15, 0.2) is 29.2 Å². The molecule has 0 heterocycles. The quantitative estimate of drug-likeness (QED) is 0.605. The second-order valence-corrected chi connectivity index (χ2v) is 5.47. The lowest BCUT2D eigenvalue weighted by atomic mass is 10.2. The fourth-order valence-electron chi connectivity index (χ4n) is 2.07. The molecule has 2 nitrogen and oxygen atoms in total. The molecule has 0 N–H and O–H groups in total. The Balaban J connectivity index is 2.43. The minimum absolute atomic E-state index is 1.31. The summed E-state index contributed by atoms with van der Waals surface area (Å²) in [5, 5.41) is 1.35. The Kier molecular flexibility index (Phi) is 3.29. The molecule has 0 aliphatic carbocycles. The summed E-state index contributed by atoms with van der Waals surface area (Å²) in [5.41, 5.74) is 4.05. The van der Waals surface area contributed by atoms with Crippen molar-refractivity contribution < 1.29 is 0 Å². The third-order valence-corrected chi connectivity index (χ3v) is 3.65. The van der Waals surface area contributed by atoms with Gasteiger partial charge in [-0.2, -0.15) is 0 Å². The summed E-state index contributed by atoms with van der Waals surface area (Å²) >= 11 is 1.78. The summed E-state index contributed by atoms with van der Waals surface area (Å²) in [6, 6.07) is 8.79. The molecular weight excluding hydrogens is 228 g/mol. The minimum Gasteiger partial charge on any atom is -0.372 e. The Labute approximate surface area is 107 Å². The van der Waals surface area contributed by atoms with Crippen molar-refractivity contribution >= 4 is 17.4 Å². The first-order chi connectivity index (χ1) is 8.06. The number of benzene rings is 1. The molecule has 0 unspecified atom stereocenters. The highest BCUT2D eigenvalue weighted by atomic mass is 32.2. The van der Waals surface area contributed by atoms with Gasteiger partial charge in [0.25, 0.3) is 0 Å². The van der Waals surface area contributed by atoms with Crippen molar-refractivity contribution in [3.63, 3.8) is 0 Å². The molecule has 0 saturated carbocycles. The van der Waals surface area contributed by atoms with Crippen LogP contribution in [0.5, 0.6) is 0 Å². The molecule has 17 heavy (non-hydrogen) atoms. The van der Waals surface area contributed by atoms with Gasteiger partial charge < -0.3 is 4.90 Å². The lowest BCUT2D eigenvalue weighted by molar-refractivity contribution is 0.830. The van der Waals surface area contributed by atoms with Crippen LogP contribution in [0.4, 0.5) is 5.69 Å². The molecule has 0 fully saturated rings. The van der Waals surface area contributed by atoms with E-state index in [1.54, 1.807) is 11.8 Å². The Hall–Kier alpha value is -1.22. The van der Waals surface area contributed by atoms with Crippen molar-refractivity contribution in [2.45, 2.75) is 4.90 Å². The average Bonchev–Trinajstić information content (AvgIpc) is 3.04. The standard InChI is InChI=1S/C14H19N2S/c1-15(2)13-12(14(13)16(3)4)10-6-8-11(17-5)9-7-10/h6-9H,1-5H3/q+1. The zero-order valence-electron chi connectivity index (χ0n) is 11.1. The first-order valence-corrected chi connectivity index (χ1v) is 6.89. The van der Waals surface area contributed by atoms with Gasteiger partial charge in [0, 0.05) is 19.0 Å². The largest absolute Gasteiger partial charge is 0.372 e. The van der Waals surface area contributed by atoms with Gasteiger partial charge in [0.2, 0.25) is 5.36 Å². The van der Waals surface area contributed by atoms with Crippen molar-refractivity contribution in [2.75, 3.05) is 39.3 Å². The van der Waals surface area contributed by atoms with Crippen LogP contribution in [0.1, 0.15) is 0 Å². The Morgan fingerprint density at radius 1 is 1.06 bits per heavy atom. The zero-order chi connectivity index (χ0) is 12.6. The van der Waals surface area contributed by atoms with Crippen LogP contribution in [0.2, 0.25) is 0 Å². The highest BCUT2D eigenvalue weighted by Crippen LogP contribution is 2.32. The predicted octanol–water partition coefficient (Wildman–Crippen LogP) is 2.05. The van der Waals surface area contributed by atoms with E-state index >= 15 is 0 Å². The third kappa shape index (κ3) is 2.25. The molecule has 0 bridgehead atoms. The van der Waals surface area contributed by atoms with E-state index in [4.69, 9.17) is 0 Å². The number of nitrogens with zero attached hydrogens (tertiary/aromatic N) is 2. The first-order valence-electron chi connectivity index (χ1n) is 5.67. The van der Waals surface area contributed by atoms with Gasteiger partial charge in [0.1, 0.15) is 19.8 Å². The van der Waals surface area contributed by atoms with Crippen LogP contribution >= 0.6 is 11.8 Å². The molecule has 3 heteroatoms. The van der Waals surface area contributed by atoms with Crippen molar-refractivity contribution in [3.05, 3.63) is 29.6 Å². The molecule has 2 aromatic rings. The molecule has 0 radical (unpaired) electrons. The van der Waals surface area contributed by atoms with E-state index in [9.17, 15) is 0 Å². The van der Waals surface area contributed by atoms with Gasteiger partial charge >= 0.3 is 0 Å². The Morgan fingerprint density at radius 3 is 2.00 bits per heavy atom. The average molecular weight is 247 g/mol. The van der Waals surface area contributed by atoms with E-state index in [1.807, 2.05) is 0 Å².